The lowest BCUT2D eigenvalue weighted by atomic mass is 9.95. The zero-order chi connectivity index (χ0) is 21.4. The average Bonchev–Trinajstić information content (AvgIpc) is 3.16. The third-order valence-corrected chi connectivity index (χ3v) is 5.93. The van der Waals surface area contributed by atoms with Crippen molar-refractivity contribution in [3.05, 3.63) is 76.4 Å². The van der Waals surface area contributed by atoms with Crippen LogP contribution in [0.3, 0.4) is 0 Å². The number of pyridine rings is 1. The molecule has 8 nitrogen and oxygen atoms in total. The molecule has 1 unspecified atom stereocenters. The van der Waals surface area contributed by atoms with Crippen molar-refractivity contribution in [2.75, 3.05) is 18.4 Å². The Kier molecular flexibility index (Phi) is 5.09. The van der Waals surface area contributed by atoms with Crippen molar-refractivity contribution in [1.82, 2.24) is 19.9 Å². The Bertz CT molecular complexity index is 1140. The van der Waals surface area contributed by atoms with E-state index < -0.39 is 6.10 Å². The molecule has 4 heterocycles. The summed E-state index contributed by atoms with van der Waals surface area (Å²) >= 11 is 0. The van der Waals surface area contributed by atoms with Gasteiger partial charge < -0.3 is 15.2 Å². The topological polar surface area (TPSA) is 100 Å². The van der Waals surface area contributed by atoms with E-state index in [0.717, 1.165) is 46.6 Å². The molecule has 158 valence electrons. The number of hydrogen-bond acceptors (Lipinski definition) is 8. The van der Waals surface area contributed by atoms with Gasteiger partial charge in [0.1, 0.15) is 6.61 Å². The number of esters is 1. The summed E-state index contributed by atoms with van der Waals surface area (Å²) in [7, 11) is 0. The molecule has 2 aliphatic heterocycles. The molecule has 0 aliphatic carbocycles. The van der Waals surface area contributed by atoms with Gasteiger partial charge in [-0.05, 0) is 36.2 Å². The Morgan fingerprint density at radius 2 is 2.19 bits per heavy atom. The number of aliphatic hydroxyl groups excluding tert-OH is 1. The summed E-state index contributed by atoms with van der Waals surface area (Å²) in [6.07, 6.45) is 5.45. The minimum Gasteiger partial charge on any atom is -0.457 e. The maximum atomic E-state index is 11.7. The summed E-state index contributed by atoms with van der Waals surface area (Å²) in [6.45, 7) is 4.22. The van der Waals surface area contributed by atoms with Gasteiger partial charge in [-0.2, -0.15) is 0 Å². The van der Waals surface area contributed by atoms with Gasteiger partial charge in [0.15, 0.2) is 0 Å². The zero-order valence-electron chi connectivity index (χ0n) is 17.2. The van der Waals surface area contributed by atoms with E-state index in [1.54, 1.807) is 18.5 Å². The van der Waals surface area contributed by atoms with Crippen LogP contribution in [0.15, 0.2) is 42.9 Å². The molecule has 5 rings (SSSR count). The number of aliphatic hydroxyl groups is 1. The highest BCUT2D eigenvalue weighted by molar-refractivity contribution is 5.93. The molecule has 31 heavy (non-hydrogen) atoms. The maximum absolute atomic E-state index is 11.7. The predicted molar refractivity (Wildman–Crippen MR) is 114 cm³/mol. The fraction of sp³-hybridized carbons (Fsp3) is 0.304. The SMILES string of the molecule is Cc1c(C(O)CN2CCc3nc(Nc4cccnc4)ncc3C2)ccc2c1COC2=O. The Morgan fingerprint density at radius 1 is 1.29 bits per heavy atom. The van der Waals surface area contributed by atoms with Crippen LogP contribution in [0.25, 0.3) is 0 Å². The van der Waals surface area contributed by atoms with Crippen molar-refractivity contribution in [3.63, 3.8) is 0 Å². The highest BCUT2D eigenvalue weighted by Gasteiger charge is 2.27. The standard InChI is InChI=1S/C23H23N5O3/c1-14-17(4-5-18-19(14)13-31-22(18)30)21(29)12-28-8-6-20-15(11-28)9-25-23(27-20)26-16-3-2-7-24-10-16/h2-5,7,9-10,21,29H,6,8,11-13H2,1H3,(H,25,26,27). The molecule has 0 bridgehead atoms. The van der Waals surface area contributed by atoms with E-state index in [4.69, 9.17) is 4.74 Å². The lowest BCUT2D eigenvalue weighted by Crippen LogP contribution is -2.34. The molecule has 0 amide bonds. The predicted octanol–water partition coefficient (Wildman–Crippen LogP) is 2.69. The molecule has 1 aromatic carbocycles. The first-order chi connectivity index (χ1) is 15.1. The lowest BCUT2D eigenvalue weighted by molar-refractivity contribution is 0.0535. The van der Waals surface area contributed by atoms with Crippen LogP contribution in [-0.2, 0) is 24.3 Å². The third-order valence-electron chi connectivity index (χ3n) is 5.93. The van der Waals surface area contributed by atoms with E-state index in [9.17, 15) is 9.90 Å². The largest absolute Gasteiger partial charge is 0.457 e. The average molecular weight is 417 g/mol. The number of rotatable bonds is 5. The molecule has 8 heteroatoms. The minimum absolute atomic E-state index is 0.282. The van der Waals surface area contributed by atoms with Gasteiger partial charge in [-0.3, -0.25) is 9.88 Å². The van der Waals surface area contributed by atoms with E-state index >= 15 is 0 Å². The van der Waals surface area contributed by atoms with Crippen LogP contribution < -0.4 is 5.32 Å². The van der Waals surface area contributed by atoms with Crippen molar-refractivity contribution >= 4 is 17.6 Å². The van der Waals surface area contributed by atoms with Crippen LogP contribution in [0.2, 0.25) is 0 Å². The molecular formula is C23H23N5O3. The summed E-state index contributed by atoms with van der Waals surface area (Å²) in [6, 6.07) is 7.37. The fourth-order valence-corrected chi connectivity index (χ4v) is 4.23. The zero-order valence-corrected chi connectivity index (χ0v) is 17.2. The Hall–Kier alpha value is -3.36. The van der Waals surface area contributed by atoms with Crippen LogP contribution in [0, 0.1) is 6.92 Å². The summed E-state index contributed by atoms with van der Waals surface area (Å²) in [5, 5.41) is 14.1. The highest BCUT2D eigenvalue weighted by Crippen LogP contribution is 2.30. The van der Waals surface area contributed by atoms with Crippen LogP contribution in [0.1, 0.15) is 44.4 Å². The number of anilines is 2. The first-order valence-corrected chi connectivity index (χ1v) is 10.3. The second-order valence-corrected chi connectivity index (χ2v) is 7.92. The summed E-state index contributed by atoms with van der Waals surface area (Å²) in [5.74, 6) is 0.273. The monoisotopic (exact) mass is 417 g/mol. The molecule has 0 saturated heterocycles. The van der Waals surface area contributed by atoms with Gasteiger partial charge in [-0.25, -0.2) is 14.8 Å². The number of carbonyl (C=O) groups excluding carboxylic acids is 1. The van der Waals surface area contributed by atoms with Gasteiger partial charge in [0.25, 0.3) is 0 Å². The quantitative estimate of drug-likeness (QED) is 0.611. The van der Waals surface area contributed by atoms with E-state index in [2.05, 4.69) is 25.2 Å². The highest BCUT2D eigenvalue weighted by atomic mass is 16.5. The van der Waals surface area contributed by atoms with Gasteiger partial charge >= 0.3 is 5.97 Å². The van der Waals surface area contributed by atoms with E-state index in [1.165, 1.54) is 0 Å². The number of aromatic nitrogens is 3. The number of β-amino-alcohol motifs (C(OH)–C–C–N with tert-alkyl or cyclic N) is 1. The van der Waals surface area contributed by atoms with Crippen molar-refractivity contribution in [2.45, 2.75) is 32.6 Å². The van der Waals surface area contributed by atoms with Crippen LogP contribution in [0.5, 0.6) is 0 Å². The molecule has 0 saturated carbocycles. The first kappa shape index (κ1) is 19.6. The van der Waals surface area contributed by atoms with Gasteiger partial charge in [0.2, 0.25) is 5.95 Å². The van der Waals surface area contributed by atoms with Crippen molar-refractivity contribution in [3.8, 4) is 0 Å². The van der Waals surface area contributed by atoms with E-state index in [0.29, 0.717) is 24.6 Å². The van der Waals surface area contributed by atoms with Crippen molar-refractivity contribution in [2.24, 2.45) is 0 Å². The summed E-state index contributed by atoms with van der Waals surface area (Å²) in [4.78, 5) is 27.1. The number of cyclic esters (lactones) is 1. The van der Waals surface area contributed by atoms with E-state index in [-0.39, 0.29) is 12.6 Å². The number of nitrogens with zero attached hydrogens (tertiary/aromatic N) is 4. The molecule has 2 aliphatic rings. The normalized spacial score (nSPS) is 16.4. The number of benzene rings is 1. The molecule has 3 aromatic rings. The molecule has 0 radical (unpaired) electrons. The second-order valence-electron chi connectivity index (χ2n) is 7.92. The van der Waals surface area contributed by atoms with Crippen LogP contribution in [0.4, 0.5) is 11.6 Å². The van der Waals surface area contributed by atoms with Gasteiger partial charge in [-0.1, -0.05) is 6.07 Å². The number of carbonyl (C=O) groups is 1. The number of fused-ring (bicyclic) bond motifs is 2. The smallest absolute Gasteiger partial charge is 0.338 e. The third kappa shape index (κ3) is 3.87. The van der Waals surface area contributed by atoms with E-state index in [1.807, 2.05) is 31.3 Å². The fourth-order valence-electron chi connectivity index (χ4n) is 4.23. The number of ether oxygens (including phenoxy) is 1. The number of hydrogen-bond donors (Lipinski definition) is 2. The molecule has 2 aromatic heterocycles. The summed E-state index contributed by atoms with van der Waals surface area (Å²) < 4.78 is 5.12. The Labute approximate surface area is 179 Å². The summed E-state index contributed by atoms with van der Waals surface area (Å²) in [5.41, 5.74) is 6.20. The van der Waals surface area contributed by atoms with Crippen LogP contribution in [-0.4, -0.2) is 44.0 Å². The minimum atomic E-state index is -0.644. The molecule has 2 N–H and O–H groups in total. The van der Waals surface area contributed by atoms with Gasteiger partial charge in [0.05, 0.1) is 29.2 Å². The maximum Gasteiger partial charge on any atom is 0.338 e. The van der Waals surface area contributed by atoms with Crippen molar-refractivity contribution < 1.29 is 14.6 Å². The molecule has 0 fully saturated rings. The molecule has 1 atom stereocenters. The van der Waals surface area contributed by atoms with Gasteiger partial charge in [-0.15, -0.1) is 0 Å². The number of nitrogens with one attached hydrogen (secondary N) is 1. The Morgan fingerprint density at radius 3 is 3.03 bits per heavy atom. The molecular weight excluding hydrogens is 394 g/mol. The van der Waals surface area contributed by atoms with Gasteiger partial charge in [0, 0.05) is 49.6 Å². The first-order valence-electron chi connectivity index (χ1n) is 10.3. The molecule has 0 spiro atoms. The second kappa shape index (κ2) is 8.05. The van der Waals surface area contributed by atoms with Crippen molar-refractivity contribution in [1.29, 1.82) is 0 Å². The van der Waals surface area contributed by atoms with Crippen LogP contribution >= 0.6 is 0 Å². The Balaban J connectivity index is 1.26. The lowest BCUT2D eigenvalue weighted by Gasteiger charge is -2.30.